The van der Waals surface area contributed by atoms with E-state index in [2.05, 4.69) is 25.1 Å². The molecule has 27 heavy (non-hydrogen) atoms. The van der Waals surface area contributed by atoms with Crippen LogP contribution in [-0.2, 0) is 0 Å². The first-order valence-electron chi connectivity index (χ1n) is 10.5. The lowest BCUT2D eigenvalue weighted by atomic mass is 9.78. The maximum atomic E-state index is 8.89. The van der Waals surface area contributed by atoms with Gasteiger partial charge in [0.2, 0.25) is 0 Å². The molecule has 0 spiro atoms. The Morgan fingerprint density at radius 1 is 0.852 bits per heavy atom. The van der Waals surface area contributed by atoms with Gasteiger partial charge in [-0.3, -0.25) is 0 Å². The van der Waals surface area contributed by atoms with Gasteiger partial charge in [-0.2, -0.15) is 5.26 Å². The first-order chi connectivity index (χ1) is 13.3. The zero-order valence-electron chi connectivity index (χ0n) is 16.5. The van der Waals surface area contributed by atoms with Gasteiger partial charge in [0, 0.05) is 0 Å². The van der Waals surface area contributed by atoms with Crippen LogP contribution in [0.15, 0.2) is 48.5 Å². The van der Waals surface area contributed by atoms with Crippen molar-refractivity contribution >= 4 is 0 Å². The third kappa shape index (κ3) is 5.86. The summed E-state index contributed by atoms with van der Waals surface area (Å²) in [5.74, 6) is 2.86. The number of benzene rings is 2. The van der Waals surface area contributed by atoms with Crippen molar-refractivity contribution in [2.45, 2.75) is 58.3 Å². The Balaban J connectivity index is 1.38. The minimum Gasteiger partial charge on any atom is -0.494 e. The molecular weight excluding hydrogens is 330 g/mol. The zero-order valence-corrected chi connectivity index (χ0v) is 16.5. The van der Waals surface area contributed by atoms with Crippen LogP contribution in [-0.4, -0.2) is 6.61 Å². The Hall–Kier alpha value is -2.27. The topological polar surface area (TPSA) is 33.0 Å². The van der Waals surface area contributed by atoms with E-state index in [9.17, 15) is 0 Å². The molecule has 142 valence electrons. The second kappa shape index (κ2) is 10.2. The fraction of sp³-hybridized carbons (Fsp3) is 0.480. The Kier molecular flexibility index (Phi) is 7.34. The van der Waals surface area contributed by atoms with E-state index < -0.39 is 0 Å². The lowest BCUT2D eigenvalue weighted by Crippen LogP contribution is -2.15. The molecule has 1 aliphatic carbocycles. The van der Waals surface area contributed by atoms with Crippen LogP contribution in [0, 0.1) is 23.2 Å². The van der Waals surface area contributed by atoms with Crippen LogP contribution >= 0.6 is 0 Å². The van der Waals surface area contributed by atoms with E-state index in [1.54, 1.807) is 0 Å². The van der Waals surface area contributed by atoms with E-state index in [0.717, 1.165) is 41.7 Å². The third-order valence-electron chi connectivity index (χ3n) is 5.89. The highest BCUT2D eigenvalue weighted by molar-refractivity contribution is 5.64. The summed E-state index contributed by atoms with van der Waals surface area (Å²) in [6.45, 7) is 3.12. The summed E-state index contributed by atoms with van der Waals surface area (Å²) in [6.07, 6.45) is 10.9. The summed E-state index contributed by atoms with van der Waals surface area (Å²) in [6, 6.07) is 18.1. The SMILES string of the molecule is CCC[C@H]1CC[C@H](CCCOc2ccc(-c3ccc(C#N)cc3)cc2)CC1. The van der Waals surface area contributed by atoms with Gasteiger partial charge >= 0.3 is 0 Å². The summed E-state index contributed by atoms with van der Waals surface area (Å²) in [4.78, 5) is 0. The van der Waals surface area contributed by atoms with E-state index in [4.69, 9.17) is 10.00 Å². The molecule has 0 bridgehead atoms. The summed E-state index contributed by atoms with van der Waals surface area (Å²) >= 11 is 0. The van der Waals surface area contributed by atoms with Crippen molar-refractivity contribution < 1.29 is 4.74 Å². The standard InChI is InChI=1S/C25H31NO/c1-2-4-20-6-8-21(9-7-20)5-3-18-27-25-16-14-24(15-17-25)23-12-10-22(19-26)11-13-23/h10-17,20-21H,2-9,18H2,1H3/t20-,21-. The summed E-state index contributed by atoms with van der Waals surface area (Å²) in [5.41, 5.74) is 2.97. The predicted molar refractivity (Wildman–Crippen MR) is 112 cm³/mol. The second-order valence-electron chi connectivity index (χ2n) is 7.88. The lowest BCUT2D eigenvalue weighted by Gasteiger charge is -2.28. The van der Waals surface area contributed by atoms with Crippen molar-refractivity contribution in [2.75, 3.05) is 6.61 Å². The molecule has 0 aliphatic heterocycles. The molecule has 1 fully saturated rings. The van der Waals surface area contributed by atoms with Gasteiger partial charge < -0.3 is 4.74 Å². The molecule has 0 radical (unpaired) electrons. The van der Waals surface area contributed by atoms with Crippen LogP contribution in [0.2, 0.25) is 0 Å². The highest BCUT2D eigenvalue weighted by Gasteiger charge is 2.20. The summed E-state index contributed by atoms with van der Waals surface area (Å²) in [7, 11) is 0. The Labute approximate surface area is 164 Å². The van der Waals surface area contributed by atoms with Gasteiger partial charge in [-0.15, -0.1) is 0 Å². The molecule has 2 aromatic rings. The molecule has 0 atom stereocenters. The zero-order chi connectivity index (χ0) is 18.9. The molecule has 0 unspecified atom stereocenters. The molecular formula is C25H31NO. The average molecular weight is 362 g/mol. The highest BCUT2D eigenvalue weighted by atomic mass is 16.5. The van der Waals surface area contributed by atoms with Crippen molar-refractivity contribution in [1.82, 2.24) is 0 Å². The Morgan fingerprint density at radius 3 is 1.96 bits per heavy atom. The molecule has 2 heteroatoms. The fourth-order valence-electron chi connectivity index (χ4n) is 4.26. The van der Waals surface area contributed by atoms with Gasteiger partial charge in [-0.25, -0.2) is 0 Å². The van der Waals surface area contributed by atoms with Gasteiger partial charge in [-0.05, 0) is 60.1 Å². The second-order valence-corrected chi connectivity index (χ2v) is 7.88. The minimum absolute atomic E-state index is 0.692. The van der Waals surface area contributed by atoms with Crippen molar-refractivity contribution in [3.05, 3.63) is 54.1 Å². The Morgan fingerprint density at radius 2 is 1.41 bits per heavy atom. The average Bonchev–Trinajstić information content (AvgIpc) is 2.73. The van der Waals surface area contributed by atoms with Gasteiger partial charge in [-0.1, -0.05) is 69.7 Å². The molecule has 3 rings (SSSR count). The van der Waals surface area contributed by atoms with Crippen LogP contribution < -0.4 is 4.74 Å². The van der Waals surface area contributed by atoms with Crippen LogP contribution in [0.25, 0.3) is 11.1 Å². The number of hydrogen-bond acceptors (Lipinski definition) is 2. The molecule has 2 nitrogen and oxygen atoms in total. The maximum Gasteiger partial charge on any atom is 0.119 e. The molecule has 0 amide bonds. The summed E-state index contributed by atoms with van der Waals surface area (Å²) in [5, 5.41) is 8.89. The first-order valence-corrected chi connectivity index (χ1v) is 10.5. The normalized spacial score (nSPS) is 19.4. The highest BCUT2D eigenvalue weighted by Crippen LogP contribution is 2.33. The fourth-order valence-corrected chi connectivity index (χ4v) is 4.26. The number of ether oxygens (including phenoxy) is 1. The van der Waals surface area contributed by atoms with Gasteiger partial charge in [0.25, 0.3) is 0 Å². The quantitative estimate of drug-likeness (QED) is 0.475. The number of nitrogens with zero attached hydrogens (tertiary/aromatic N) is 1. The van der Waals surface area contributed by atoms with Gasteiger partial charge in [0.05, 0.1) is 18.2 Å². The Bertz CT molecular complexity index is 718. The molecule has 1 aliphatic rings. The van der Waals surface area contributed by atoms with Crippen molar-refractivity contribution in [3.8, 4) is 22.9 Å². The third-order valence-corrected chi connectivity index (χ3v) is 5.89. The van der Waals surface area contributed by atoms with E-state index >= 15 is 0 Å². The monoisotopic (exact) mass is 361 g/mol. The van der Waals surface area contributed by atoms with Crippen molar-refractivity contribution in [3.63, 3.8) is 0 Å². The molecule has 2 aromatic carbocycles. The number of hydrogen-bond donors (Lipinski definition) is 0. The van der Waals surface area contributed by atoms with Crippen LogP contribution in [0.1, 0.15) is 63.9 Å². The largest absolute Gasteiger partial charge is 0.494 e. The minimum atomic E-state index is 0.692. The van der Waals surface area contributed by atoms with E-state index in [1.807, 2.05) is 36.4 Å². The van der Waals surface area contributed by atoms with Gasteiger partial charge in [0.1, 0.15) is 5.75 Å². The smallest absolute Gasteiger partial charge is 0.119 e. The lowest BCUT2D eigenvalue weighted by molar-refractivity contribution is 0.230. The van der Waals surface area contributed by atoms with E-state index in [-0.39, 0.29) is 0 Å². The molecule has 0 saturated heterocycles. The van der Waals surface area contributed by atoms with E-state index in [1.165, 1.54) is 44.9 Å². The maximum absolute atomic E-state index is 8.89. The van der Waals surface area contributed by atoms with Crippen LogP contribution in [0.4, 0.5) is 0 Å². The van der Waals surface area contributed by atoms with Crippen LogP contribution in [0.3, 0.4) is 0 Å². The molecule has 1 saturated carbocycles. The number of nitriles is 1. The van der Waals surface area contributed by atoms with Gasteiger partial charge in [0.15, 0.2) is 0 Å². The number of rotatable bonds is 8. The molecule has 0 heterocycles. The molecule has 0 aromatic heterocycles. The molecule has 0 N–H and O–H groups in total. The first kappa shape index (κ1) is 19.5. The van der Waals surface area contributed by atoms with E-state index in [0.29, 0.717) is 5.56 Å². The van der Waals surface area contributed by atoms with Crippen LogP contribution in [0.5, 0.6) is 5.75 Å². The van der Waals surface area contributed by atoms with Crippen molar-refractivity contribution in [1.29, 1.82) is 5.26 Å². The summed E-state index contributed by atoms with van der Waals surface area (Å²) < 4.78 is 5.94. The predicted octanol–water partition coefficient (Wildman–Crippen LogP) is 6.99. The van der Waals surface area contributed by atoms with Crippen molar-refractivity contribution in [2.24, 2.45) is 11.8 Å².